The zero-order chi connectivity index (χ0) is 31.6. The Hall–Kier alpha value is -6.10. The van der Waals surface area contributed by atoms with E-state index < -0.39 is 0 Å². The first kappa shape index (κ1) is 27.1. The molecular weight excluding hydrogens is 603 g/mol. The summed E-state index contributed by atoms with van der Waals surface area (Å²) in [5.74, 6) is 0. The summed E-state index contributed by atoms with van der Waals surface area (Å²) >= 11 is 1.74. The molecule has 0 spiro atoms. The maximum absolute atomic E-state index is 5.33. The molecule has 0 amide bonds. The SMILES string of the molecule is c1ccc(-c2nc3ccc(-c4cccc(-c5nc6ccccc6c6c5ccc5c6c6ccccc6n5-c5ccccc5)c4)cc3s2)cc1. The summed E-state index contributed by atoms with van der Waals surface area (Å²) < 4.78 is 3.57. The first-order valence-electron chi connectivity index (χ1n) is 16.2. The van der Waals surface area contributed by atoms with Crippen molar-refractivity contribution in [2.75, 3.05) is 0 Å². The van der Waals surface area contributed by atoms with Crippen LogP contribution >= 0.6 is 11.3 Å². The van der Waals surface area contributed by atoms with E-state index in [1.54, 1.807) is 11.3 Å². The second-order valence-electron chi connectivity index (χ2n) is 12.2. The van der Waals surface area contributed by atoms with Gasteiger partial charge in [-0.1, -0.05) is 115 Å². The Kier molecular flexibility index (Phi) is 6.05. The molecule has 0 N–H and O–H groups in total. The van der Waals surface area contributed by atoms with Crippen LogP contribution in [0.5, 0.6) is 0 Å². The first-order valence-corrected chi connectivity index (χ1v) is 17.0. The van der Waals surface area contributed by atoms with Gasteiger partial charge in [-0.25, -0.2) is 9.97 Å². The summed E-state index contributed by atoms with van der Waals surface area (Å²) in [6.07, 6.45) is 0. The van der Waals surface area contributed by atoms with Gasteiger partial charge in [0.15, 0.2) is 0 Å². The van der Waals surface area contributed by atoms with Crippen LogP contribution in [0.4, 0.5) is 0 Å². The third-order valence-electron chi connectivity index (χ3n) is 9.39. The summed E-state index contributed by atoms with van der Waals surface area (Å²) in [7, 11) is 0. The summed E-state index contributed by atoms with van der Waals surface area (Å²) in [5, 5.41) is 7.10. The van der Waals surface area contributed by atoms with Crippen molar-refractivity contribution in [1.82, 2.24) is 14.5 Å². The van der Waals surface area contributed by atoms with Crippen molar-refractivity contribution in [2.45, 2.75) is 0 Å². The number of thiazole rings is 1. The van der Waals surface area contributed by atoms with Gasteiger partial charge >= 0.3 is 0 Å². The Balaban J connectivity index is 1.19. The molecule has 48 heavy (non-hydrogen) atoms. The van der Waals surface area contributed by atoms with Gasteiger partial charge in [-0.05, 0) is 59.7 Å². The van der Waals surface area contributed by atoms with Gasteiger partial charge in [0, 0.05) is 43.7 Å². The average molecular weight is 630 g/mol. The molecule has 10 aromatic rings. The van der Waals surface area contributed by atoms with Gasteiger partial charge < -0.3 is 4.57 Å². The highest BCUT2D eigenvalue weighted by Crippen LogP contribution is 2.43. The highest BCUT2D eigenvalue weighted by atomic mass is 32.1. The van der Waals surface area contributed by atoms with Crippen LogP contribution in [0.25, 0.3) is 92.3 Å². The normalized spacial score (nSPS) is 11.8. The first-order chi connectivity index (χ1) is 23.8. The van der Waals surface area contributed by atoms with E-state index in [0.717, 1.165) is 49.5 Å². The van der Waals surface area contributed by atoms with Crippen molar-refractivity contribution in [2.24, 2.45) is 0 Å². The lowest BCUT2D eigenvalue weighted by Crippen LogP contribution is -1.94. The number of fused-ring (bicyclic) bond motifs is 8. The summed E-state index contributed by atoms with van der Waals surface area (Å²) in [6.45, 7) is 0. The maximum Gasteiger partial charge on any atom is 0.124 e. The maximum atomic E-state index is 5.33. The van der Waals surface area contributed by atoms with Crippen LogP contribution in [-0.2, 0) is 0 Å². The van der Waals surface area contributed by atoms with Crippen LogP contribution in [0.2, 0.25) is 0 Å². The number of hydrogen-bond donors (Lipinski definition) is 0. The van der Waals surface area contributed by atoms with E-state index in [9.17, 15) is 0 Å². The van der Waals surface area contributed by atoms with Crippen molar-refractivity contribution < 1.29 is 0 Å². The molecule has 4 heteroatoms. The Morgan fingerprint density at radius 3 is 2.00 bits per heavy atom. The minimum Gasteiger partial charge on any atom is -0.309 e. The summed E-state index contributed by atoms with van der Waals surface area (Å²) in [4.78, 5) is 10.3. The smallest absolute Gasteiger partial charge is 0.124 e. The number of benzene rings is 7. The largest absolute Gasteiger partial charge is 0.309 e. The van der Waals surface area contributed by atoms with E-state index in [1.165, 1.54) is 42.8 Å². The van der Waals surface area contributed by atoms with Crippen molar-refractivity contribution in [3.05, 3.63) is 164 Å². The van der Waals surface area contributed by atoms with Crippen LogP contribution in [-0.4, -0.2) is 14.5 Å². The van der Waals surface area contributed by atoms with Gasteiger partial charge in [0.05, 0.1) is 32.5 Å². The molecule has 3 nitrogen and oxygen atoms in total. The van der Waals surface area contributed by atoms with Gasteiger partial charge in [0.1, 0.15) is 5.01 Å². The van der Waals surface area contributed by atoms with Gasteiger partial charge in [-0.15, -0.1) is 11.3 Å². The molecule has 224 valence electrons. The van der Waals surface area contributed by atoms with Gasteiger partial charge in [0.25, 0.3) is 0 Å². The molecule has 7 aromatic carbocycles. The second kappa shape index (κ2) is 10.7. The fraction of sp³-hybridized carbons (Fsp3) is 0. The number of nitrogens with zero attached hydrogens (tertiary/aromatic N) is 3. The van der Waals surface area contributed by atoms with Crippen LogP contribution in [0.3, 0.4) is 0 Å². The number of pyridine rings is 1. The quantitative estimate of drug-likeness (QED) is 0.181. The molecule has 0 saturated carbocycles. The molecular formula is C44H27N3S. The predicted molar refractivity (Wildman–Crippen MR) is 203 cm³/mol. The number of para-hydroxylation sites is 3. The highest BCUT2D eigenvalue weighted by molar-refractivity contribution is 7.21. The van der Waals surface area contributed by atoms with E-state index in [4.69, 9.17) is 9.97 Å². The van der Waals surface area contributed by atoms with Crippen molar-refractivity contribution >= 4 is 65.0 Å². The van der Waals surface area contributed by atoms with Crippen molar-refractivity contribution in [3.8, 4) is 38.6 Å². The van der Waals surface area contributed by atoms with Crippen LogP contribution < -0.4 is 0 Å². The molecule has 3 aromatic heterocycles. The third-order valence-corrected chi connectivity index (χ3v) is 10.5. The fourth-order valence-corrected chi connectivity index (χ4v) is 8.24. The fourth-order valence-electron chi connectivity index (χ4n) is 7.23. The molecule has 10 rings (SSSR count). The van der Waals surface area contributed by atoms with Gasteiger partial charge in [-0.3, -0.25) is 0 Å². The van der Waals surface area contributed by atoms with Crippen LogP contribution in [0.15, 0.2) is 164 Å². The molecule has 0 fully saturated rings. The molecule has 0 radical (unpaired) electrons. The van der Waals surface area contributed by atoms with Crippen molar-refractivity contribution in [1.29, 1.82) is 0 Å². The number of hydrogen-bond acceptors (Lipinski definition) is 3. The molecule has 0 saturated heterocycles. The van der Waals surface area contributed by atoms with E-state index in [2.05, 4.69) is 162 Å². The molecule has 0 unspecified atom stereocenters. The average Bonchev–Trinajstić information content (AvgIpc) is 3.74. The minimum absolute atomic E-state index is 0.994. The third kappa shape index (κ3) is 4.20. The molecule has 0 bridgehead atoms. The molecule has 0 aliphatic rings. The standard InChI is InChI=1S/C44H27N3S/c1-3-12-28(13-4-1)44-46-37-24-22-30(27-40(37)48-44)29-14-11-15-31(26-29)43-35-23-25-39-42(41(35)33-18-7-9-20-36(33)45-43)34-19-8-10-21-38(34)47(39)32-16-5-2-6-17-32/h1-27H. The zero-order valence-electron chi connectivity index (χ0n) is 25.8. The second-order valence-corrected chi connectivity index (χ2v) is 13.2. The van der Waals surface area contributed by atoms with E-state index in [-0.39, 0.29) is 0 Å². The summed E-state index contributed by atoms with van der Waals surface area (Å²) in [5.41, 5.74) is 11.1. The summed E-state index contributed by atoms with van der Waals surface area (Å²) in [6, 6.07) is 58.4. The Morgan fingerprint density at radius 1 is 0.417 bits per heavy atom. The lowest BCUT2D eigenvalue weighted by molar-refractivity contribution is 1.18. The zero-order valence-corrected chi connectivity index (χ0v) is 26.7. The molecule has 0 aliphatic carbocycles. The van der Waals surface area contributed by atoms with E-state index in [1.807, 2.05) is 6.07 Å². The number of rotatable bonds is 4. The monoisotopic (exact) mass is 629 g/mol. The lowest BCUT2D eigenvalue weighted by atomic mass is 9.94. The van der Waals surface area contributed by atoms with Gasteiger partial charge in [-0.2, -0.15) is 0 Å². The van der Waals surface area contributed by atoms with Crippen LogP contribution in [0.1, 0.15) is 0 Å². The highest BCUT2D eigenvalue weighted by Gasteiger charge is 2.19. The predicted octanol–water partition coefficient (Wildman–Crippen LogP) is 12.1. The molecule has 3 heterocycles. The topological polar surface area (TPSA) is 30.7 Å². The van der Waals surface area contributed by atoms with Crippen LogP contribution in [0, 0.1) is 0 Å². The Labute approximate surface area is 281 Å². The Bertz CT molecular complexity index is 2830. The number of aromatic nitrogens is 3. The van der Waals surface area contributed by atoms with E-state index >= 15 is 0 Å². The molecule has 0 aliphatic heterocycles. The Morgan fingerprint density at radius 2 is 1.12 bits per heavy atom. The van der Waals surface area contributed by atoms with Crippen molar-refractivity contribution in [3.63, 3.8) is 0 Å². The minimum atomic E-state index is 0.994. The van der Waals surface area contributed by atoms with Gasteiger partial charge in [0.2, 0.25) is 0 Å². The lowest BCUT2D eigenvalue weighted by Gasteiger charge is -2.13. The molecule has 0 atom stereocenters. The van der Waals surface area contributed by atoms with E-state index in [0.29, 0.717) is 0 Å².